The van der Waals surface area contributed by atoms with E-state index in [2.05, 4.69) is 15.2 Å². The molecule has 6 heteroatoms. The molecule has 23 heavy (non-hydrogen) atoms. The van der Waals surface area contributed by atoms with Crippen molar-refractivity contribution in [2.75, 3.05) is 36.4 Å². The van der Waals surface area contributed by atoms with Crippen LogP contribution < -0.4 is 10.2 Å². The van der Waals surface area contributed by atoms with Gasteiger partial charge in [-0.15, -0.1) is 0 Å². The van der Waals surface area contributed by atoms with E-state index in [1.165, 1.54) is 6.20 Å². The standard InChI is InChI=1S/C17H18N4O2/c22-13-20-8-10-21(11-9-20)16-5-3-15(4-6-16)19-17(23)14-2-1-7-18-12-14/h1-7,12-13H,8-11H2,(H,19,23). The SMILES string of the molecule is O=CN1CCN(c2ccc(NC(=O)c3cccnc3)cc2)CC1. The van der Waals surface area contributed by atoms with E-state index in [-0.39, 0.29) is 5.91 Å². The third kappa shape index (κ3) is 3.66. The molecule has 1 fully saturated rings. The van der Waals surface area contributed by atoms with Gasteiger partial charge in [0.1, 0.15) is 0 Å². The van der Waals surface area contributed by atoms with Crippen molar-refractivity contribution in [3.8, 4) is 0 Å². The maximum absolute atomic E-state index is 12.1. The summed E-state index contributed by atoms with van der Waals surface area (Å²) in [6.45, 7) is 3.12. The largest absolute Gasteiger partial charge is 0.368 e. The second kappa shape index (κ2) is 6.91. The molecule has 1 saturated heterocycles. The summed E-state index contributed by atoms with van der Waals surface area (Å²) in [5.41, 5.74) is 2.37. The number of benzene rings is 1. The molecule has 0 saturated carbocycles. The summed E-state index contributed by atoms with van der Waals surface area (Å²) in [7, 11) is 0. The van der Waals surface area contributed by atoms with Crippen molar-refractivity contribution in [1.29, 1.82) is 0 Å². The van der Waals surface area contributed by atoms with Gasteiger partial charge in [-0.3, -0.25) is 14.6 Å². The first kappa shape index (κ1) is 15.0. The number of nitrogens with zero attached hydrogens (tertiary/aromatic N) is 3. The Morgan fingerprint density at radius 3 is 2.43 bits per heavy atom. The van der Waals surface area contributed by atoms with Crippen LogP contribution in [0.25, 0.3) is 0 Å². The highest BCUT2D eigenvalue weighted by Crippen LogP contribution is 2.19. The lowest BCUT2D eigenvalue weighted by Crippen LogP contribution is -2.45. The minimum atomic E-state index is -0.176. The maximum Gasteiger partial charge on any atom is 0.257 e. The van der Waals surface area contributed by atoms with Crippen molar-refractivity contribution < 1.29 is 9.59 Å². The van der Waals surface area contributed by atoms with Gasteiger partial charge in [-0.1, -0.05) is 0 Å². The van der Waals surface area contributed by atoms with Gasteiger partial charge in [-0.2, -0.15) is 0 Å². The molecule has 0 radical (unpaired) electrons. The van der Waals surface area contributed by atoms with Crippen LogP contribution in [-0.4, -0.2) is 48.4 Å². The minimum Gasteiger partial charge on any atom is -0.368 e. The predicted octanol–water partition coefficient (Wildman–Crippen LogP) is 1.61. The summed E-state index contributed by atoms with van der Waals surface area (Å²) in [5.74, 6) is -0.176. The van der Waals surface area contributed by atoms with Gasteiger partial charge in [0.05, 0.1) is 5.56 Å². The van der Waals surface area contributed by atoms with Crippen LogP contribution in [0.3, 0.4) is 0 Å². The van der Waals surface area contributed by atoms with Gasteiger partial charge in [0.2, 0.25) is 6.41 Å². The third-order valence-corrected chi connectivity index (χ3v) is 3.88. The number of carbonyl (C=O) groups is 2. The molecule has 0 unspecified atom stereocenters. The normalized spacial score (nSPS) is 14.4. The molecule has 118 valence electrons. The Balaban J connectivity index is 1.61. The Bertz CT molecular complexity index is 665. The van der Waals surface area contributed by atoms with Crippen LogP contribution in [0.15, 0.2) is 48.8 Å². The fourth-order valence-corrected chi connectivity index (χ4v) is 2.54. The lowest BCUT2D eigenvalue weighted by atomic mass is 10.2. The number of nitrogens with one attached hydrogen (secondary N) is 1. The summed E-state index contributed by atoms with van der Waals surface area (Å²) in [6, 6.07) is 11.2. The van der Waals surface area contributed by atoms with E-state index in [0.29, 0.717) is 5.56 Å². The summed E-state index contributed by atoms with van der Waals surface area (Å²) in [5, 5.41) is 2.85. The molecule has 0 atom stereocenters. The number of hydrogen-bond donors (Lipinski definition) is 1. The van der Waals surface area contributed by atoms with Crippen LogP contribution in [0.2, 0.25) is 0 Å². The number of aromatic nitrogens is 1. The quantitative estimate of drug-likeness (QED) is 0.871. The second-order valence-corrected chi connectivity index (χ2v) is 5.37. The minimum absolute atomic E-state index is 0.176. The molecule has 0 spiro atoms. The van der Waals surface area contributed by atoms with Crippen LogP contribution >= 0.6 is 0 Å². The zero-order valence-electron chi connectivity index (χ0n) is 12.7. The van der Waals surface area contributed by atoms with Crippen LogP contribution in [0.5, 0.6) is 0 Å². The van der Waals surface area contributed by atoms with E-state index < -0.39 is 0 Å². The van der Waals surface area contributed by atoms with Gasteiger partial charge in [-0.25, -0.2) is 0 Å². The molecule has 3 rings (SSSR count). The van der Waals surface area contributed by atoms with Crippen LogP contribution in [0.4, 0.5) is 11.4 Å². The molecule has 6 nitrogen and oxygen atoms in total. The molecule has 2 amide bonds. The van der Waals surface area contributed by atoms with E-state index in [1.807, 2.05) is 24.3 Å². The van der Waals surface area contributed by atoms with E-state index in [9.17, 15) is 9.59 Å². The molecular weight excluding hydrogens is 292 g/mol. The molecule has 0 bridgehead atoms. The van der Waals surface area contributed by atoms with Gasteiger partial charge in [0, 0.05) is 49.9 Å². The zero-order chi connectivity index (χ0) is 16.1. The second-order valence-electron chi connectivity index (χ2n) is 5.37. The predicted molar refractivity (Wildman–Crippen MR) is 88.5 cm³/mol. The van der Waals surface area contributed by atoms with E-state index >= 15 is 0 Å². The molecular formula is C17H18N4O2. The Morgan fingerprint density at radius 2 is 1.83 bits per heavy atom. The summed E-state index contributed by atoms with van der Waals surface area (Å²) >= 11 is 0. The lowest BCUT2D eigenvalue weighted by molar-refractivity contribution is -0.118. The van der Waals surface area contributed by atoms with Gasteiger partial charge in [-0.05, 0) is 36.4 Å². The molecule has 1 aromatic carbocycles. The van der Waals surface area contributed by atoms with E-state index in [4.69, 9.17) is 0 Å². The number of hydrogen-bond acceptors (Lipinski definition) is 4. The van der Waals surface area contributed by atoms with Crippen LogP contribution in [0, 0.1) is 0 Å². The van der Waals surface area contributed by atoms with E-state index in [1.54, 1.807) is 23.2 Å². The summed E-state index contributed by atoms with van der Waals surface area (Å²) < 4.78 is 0. The molecule has 2 aromatic rings. The Kier molecular flexibility index (Phi) is 4.52. The monoisotopic (exact) mass is 310 g/mol. The van der Waals surface area contributed by atoms with Crippen molar-refractivity contribution in [2.45, 2.75) is 0 Å². The first-order valence-electron chi connectivity index (χ1n) is 7.52. The van der Waals surface area contributed by atoms with Crippen LogP contribution in [-0.2, 0) is 4.79 Å². The molecule has 1 aliphatic heterocycles. The average molecular weight is 310 g/mol. The van der Waals surface area contributed by atoms with Crippen molar-refractivity contribution in [1.82, 2.24) is 9.88 Å². The van der Waals surface area contributed by atoms with Gasteiger partial charge in [0.15, 0.2) is 0 Å². The molecule has 0 aliphatic carbocycles. The van der Waals surface area contributed by atoms with Gasteiger partial charge < -0.3 is 15.1 Å². The number of carbonyl (C=O) groups excluding carboxylic acids is 2. The van der Waals surface area contributed by atoms with Crippen molar-refractivity contribution >= 4 is 23.7 Å². The first-order valence-corrected chi connectivity index (χ1v) is 7.52. The molecule has 1 aromatic heterocycles. The highest BCUT2D eigenvalue weighted by Gasteiger charge is 2.15. The van der Waals surface area contributed by atoms with Crippen molar-refractivity contribution in [3.63, 3.8) is 0 Å². The highest BCUT2D eigenvalue weighted by atomic mass is 16.1. The van der Waals surface area contributed by atoms with Crippen LogP contribution in [0.1, 0.15) is 10.4 Å². The average Bonchev–Trinajstić information content (AvgIpc) is 2.63. The number of rotatable bonds is 4. The zero-order valence-corrected chi connectivity index (χ0v) is 12.7. The number of amides is 2. The van der Waals surface area contributed by atoms with Gasteiger partial charge >= 0.3 is 0 Å². The number of piperazine rings is 1. The van der Waals surface area contributed by atoms with Crippen molar-refractivity contribution in [3.05, 3.63) is 54.4 Å². The molecule has 1 N–H and O–H groups in total. The Morgan fingerprint density at radius 1 is 1.09 bits per heavy atom. The smallest absolute Gasteiger partial charge is 0.257 e. The number of anilines is 2. The molecule has 1 aliphatic rings. The fourth-order valence-electron chi connectivity index (χ4n) is 2.54. The highest BCUT2D eigenvalue weighted by molar-refractivity contribution is 6.04. The molecule has 2 heterocycles. The summed E-state index contributed by atoms with van der Waals surface area (Å²) in [4.78, 5) is 30.7. The van der Waals surface area contributed by atoms with Crippen molar-refractivity contribution in [2.24, 2.45) is 0 Å². The third-order valence-electron chi connectivity index (χ3n) is 3.88. The van der Waals surface area contributed by atoms with Gasteiger partial charge in [0.25, 0.3) is 5.91 Å². The maximum atomic E-state index is 12.1. The Labute approximate surface area is 134 Å². The van der Waals surface area contributed by atoms with E-state index in [0.717, 1.165) is 44.0 Å². The fraction of sp³-hybridized carbons (Fsp3) is 0.235. The number of pyridine rings is 1. The Hall–Kier alpha value is -2.89. The lowest BCUT2D eigenvalue weighted by Gasteiger charge is -2.34. The summed E-state index contributed by atoms with van der Waals surface area (Å²) in [6.07, 6.45) is 4.07. The topological polar surface area (TPSA) is 65.5 Å². The first-order chi connectivity index (χ1) is 11.3.